The van der Waals surface area contributed by atoms with Crippen LogP contribution in [0.1, 0.15) is 23.6 Å². The molecule has 0 radical (unpaired) electrons. The molecule has 28 heavy (non-hydrogen) atoms. The second-order valence-electron chi connectivity index (χ2n) is 5.81. The lowest BCUT2D eigenvalue weighted by atomic mass is 10.0. The van der Waals surface area contributed by atoms with Gasteiger partial charge in [-0.3, -0.25) is 9.59 Å². The molecule has 0 aliphatic heterocycles. The molecule has 1 N–H and O–H groups in total. The topological polar surface area (TPSA) is 55.4 Å². The van der Waals surface area contributed by atoms with E-state index in [0.717, 1.165) is 19.2 Å². The van der Waals surface area contributed by atoms with Crippen molar-refractivity contribution in [2.45, 2.75) is 18.6 Å². The van der Waals surface area contributed by atoms with Gasteiger partial charge < -0.3 is 10.1 Å². The van der Waals surface area contributed by atoms with Crippen LogP contribution in [0.4, 0.5) is 17.6 Å². The van der Waals surface area contributed by atoms with Gasteiger partial charge in [0.15, 0.2) is 0 Å². The van der Waals surface area contributed by atoms with Crippen LogP contribution in [0.5, 0.6) is 0 Å². The zero-order valence-electron chi connectivity index (χ0n) is 14.8. The predicted molar refractivity (Wildman–Crippen MR) is 94.4 cm³/mol. The van der Waals surface area contributed by atoms with Crippen LogP contribution in [0.2, 0.25) is 0 Å². The largest absolute Gasteiger partial charge is 0.469 e. The summed E-state index contributed by atoms with van der Waals surface area (Å²) in [5.41, 5.74) is -0.945. The van der Waals surface area contributed by atoms with E-state index in [1.165, 1.54) is 36.4 Å². The van der Waals surface area contributed by atoms with Crippen molar-refractivity contribution >= 4 is 17.4 Å². The lowest BCUT2D eigenvalue weighted by molar-refractivity contribution is -0.141. The third-order valence-electron chi connectivity index (χ3n) is 3.85. The Kier molecular flexibility index (Phi) is 6.92. The summed E-state index contributed by atoms with van der Waals surface area (Å²) in [7, 11) is 1.14. The Morgan fingerprint density at radius 3 is 2.21 bits per heavy atom. The molecule has 2 aromatic rings. The molecule has 1 unspecified atom stereocenters. The molecule has 2 aromatic carbocycles. The van der Waals surface area contributed by atoms with E-state index in [4.69, 9.17) is 0 Å². The van der Waals surface area contributed by atoms with Crippen LogP contribution < -0.4 is 5.32 Å². The fraction of sp³-hybridized carbons (Fsp3) is 0.200. The Morgan fingerprint density at radius 1 is 1.07 bits per heavy atom. The van der Waals surface area contributed by atoms with Crippen molar-refractivity contribution in [2.75, 3.05) is 7.11 Å². The number of carbonyl (C=O) groups is 2. The van der Waals surface area contributed by atoms with Crippen molar-refractivity contribution < 1.29 is 31.9 Å². The number of rotatable bonds is 6. The Morgan fingerprint density at radius 2 is 1.68 bits per heavy atom. The number of benzene rings is 2. The third-order valence-corrected chi connectivity index (χ3v) is 3.85. The molecule has 0 spiro atoms. The summed E-state index contributed by atoms with van der Waals surface area (Å²) < 4.78 is 57.8. The number of methoxy groups -OCH3 is 1. The normalized spacial score (nSPS) is 13.0. The van der Waals surface area contributed by atoms with Crippen LogP contribution in [0.25, 0.3) is 5.57 Å². The highest BCUT2D eigenvalue weighted by Crippen LogP contribution is 2.33. The summed E-state index contributed by atoms with van der Waals surface area (Å²) in [6.07, 6.45) is -4.65. The van der Waals surface area contributed by atoms with Gasteiger partial charge in [0.25, 0.3) is 0 Å². The van der Waals surface area contributed by atoms with Crippen molar-refractivity contribution in [3.8, 4) is 0 Å². The molecule has 148 valence electrons. The maximum atomic E-state index is 13.4. The molecule has 4 nitrogen and oxygen atoms in total. The van der Waals surface area contributed by atoms with E-state index in [2.05, 4.69) is 10.1 Å². The van der Waals surface area contributed by atoms with Gasteiger partial charge in [-0.1, -0.05) is 42.5 Å². The maximum Gasteiger partial charge on any atom is 0.417 e. The van der Waals surface area contributed by atoms with Crippen molar-refractivity contribution in [1.29, 1.82) is 0 Å². The van der Waals surface area contributed by atoms with Crippen LogP contribution in [0, 0.1) is 5.82 Å². The van der Waals surface area contributed by atoms with Crippen LogP contribution in [0.3, 0.4) is 0 Å². The van der Waals surface area contributed by atoms with Gasteiger partial charge in [-0.2, -0.15) is 13.2 Å². The Bertz CT molecular complexity index is 846. The second-order valence-corrected chi connectivity index (χ2v) is 5.81. The summed E-state index contributed by atoms with van der Waals surface area (Å²) in [6.45, 7) is 0. The second kappa shape index (κ2) is 9.16. The summed E-state index contributed by atoms with van der Waals surface area (Å²) in [6, 6.07) is 10.8. The summed E-state index contributed by atoms with van der Waals surface area (Å²) in [5, 5.41) is 2.35. The standard InChI is InChI=1S/C20H17F4NO3/c1-28-19(27)12-17(14-7-9-15(21)10-8-14)25-18(26)11-16(20(22,23)24)13-5-3-2-4-6-13/h2-11,17H,12H2,1H3,(H,25,26)/b16-11-. The fourth-order valence-electron chi connectivity index (χ4n) is 2.49. The lowest BCUT2D eigenvalue weighted by Gasteiger charge is -2.18. The summed E-state index contributed by atoms with van der Waals surface area (Å²) in [4.78, 5) is 23.9. The highest BCUT2D eigenvalue weighted by Gasteiger charge is 2.35. The zero-order valence-corrected chi connectivity index (χ0v) is 14.8. The minimum absolute atomic E-state index is 0.170. The minimum atomic E-state index is -4.76. The third kappa shape index (κ3) is 5.94. The first-order chi connectivity index (χ1) is 13.2. The molecule has 0 aliphatic carbocycles. The molecule has 0 fully saturated rings. The van der Waals surface area contributed by atoms with Gasteiger partial charge in [-0.05, 0) is 23.3 Å². The first kappa shape index (κ1) is 21.1. The number of halogens is 4. The average molecular weight is 395 g/mol. The number of esters is 1. The van der Waals surface area contributed by atoms with Gasteiger partial charge in [-0.15, -0.1) is 0 Å². The molecule has 0 heterocycles. The zero-order chi connectivity index (χ0) is 20.7. The highest BCUT2D eigenvalue weighted by atomic mass is 19.4. The first-order valence-electron chi connectivity index (χ1n) is 8.18. The molecule has 0 aliphatic rings. The number of hydrogen-bond donors (Lipinski definition) is 1. The van der Waals surface area contributed by atoms with Gasteiger partial charge in [0.2, 0.25) is 5.91 Å². The van der Waals surface area contributed by atoms with Crippen molar-refractivity contribution in [1.82, 2.24) is 5.32 Å². The van der Waals surface area contributed by atoms with E-state index < -0.39 is 35.5 Å². The first-order valence-corrected chi connectivity index (χ1v) is 8.18. The molecular formula is C20H17F4NO3. The van der Waals surface area contributed by atoms with E-state index in [1.54, 1.807) is 6.07 Å². The van der Waals surface area contributed by atoms with E-state index >= 15 is 0 Å². The highest BCUT2D eigenvalue weighted by molar-refractivity contribution is 5.96. The Labute approximate surface area is 158 Å². The molecular weight excluding hydrogens is 378 g/mol. The predicted octanol–water partition coefficient (Wildman–Crippen LogP) is 4.19. The van der Waals surface area contributed by atoms with E-state index in [0.29, 0.717) is 11.6 Å². The number of amides is 1. The number of alkyl halides is 3. The molecule has 8 heteroatoms. The molecule has 1 atom stereocenters. The Balaban J connectivity index is 2.31. The van der Waals surface area contributed by atoms with Crippen LogP contribution in [-0.4, -0.2) is 25.2 Å². The van der Waals surface area contributed by atoms with Crippen LogP contribution in [-0.2, 0) is 14.3 Å². The number of hydrogen-bond acceptors (Lipinski definition) is 3. The smallest absolute Gasteiger partial charge is 0.417 e. The summed E-state index contributed by atoms with van der Waals surface area (Å²) >= 11 is 0. The quantitative estimate of drug-likeness (QED) is 0.453. The molecule has 0 bridgehead atoms. The molecule has 0 aromatic heterocycles. The van der Waals surface area contributed by atoms with Crippen molar-refractivity contribution in [2.24, 2.45) is 0 Å². The van der Waals surface area contributed by atoms with Gasteiger partial charge in [-0.25, -0.2) is 4.39 Å². The monoisotopic (exact) mass is 395 g/mol. The van der Waals surface area contributed by atoms with Gasteiger partial charge >= 0.3 is 12.1 Å². The van der Waals surface area contributed by atoms with E-state index in [-0.39, 0.29) is 12.0 Å². The molecule has 1 amide bonds. The van der Waals surface area contributed by atoms with Crippen LogP contribution in [0.15, 0.2) is 60.7 Å². The van der Waals surface area contributed by atoms with Gasteiger partial charge in [0.05, 0.1) is 25.1 Å². The number of carbonyl (C=O) groups excluding carboxylic acids is 2. The van der Waals surface area contributed by atoms with Crippen LogP contribution >= 0.6 is 0 Å². The number of nitrogens with one attached hydrogen (secondary N) is 1. The average Bonchev–Trinajstić information content (AvgIpc) is 2.66. The van der Waals surface area contributed by atoms with Crippen molar-refractivity contribution in [3.63, 3.8) is 0 Å². The fourth-order valence-corrected chi connectivity index (χ4v) is 2.49. The lowest BCUT2D eigenvalue weighted by Crippen LogP contribution is -2.30. The Hall–Kier alpha value is -3.16. The molecule has 2 rings (SSSR count). The van der Waals surface area contributed by atoms with Crippen molar-refractivity contribution in [3.05, 3.63) is 77.6 Å². The number of ether oxygens (including phenoxy) is 1. The minimum Gasteiger partial charge on any atom is -0.469 e. The van der Waals surface area contributed by atoms with Gasteiger partial charge in [0, 0.05) is 6.08 Å². The maximum absolute atomic E-state index is 13.4. The van der Waals surface area contributed by atoms with E-state index in [1.807, 2.05) is 0 Å². The van der Waals surface area contributed by atoms with E-state index in [9.17, 15) is 27.2 Å². The SMILES string of the molecule is COC(=O)CC(NC(=O)/C=C(/c1ccccc1)C(F)(F)F)c1ccc(F)cc1. The number of allylic oxidation sites excluding steroid dienone is 1. The molecule has 0 saturated carbocycles. The summed E-state index contributed by atoms with van der Waals surface area (Å²) in [5.74, 6) is -2.26. The molecule has 0 saturated heterocycles. The van der Waals surface area contributed by atoms with Gasteiger partial charge in [0.1, 0.15) is 5.82 Å².